The molecule has 1 aromatic rings. The predicted octanol–water partition coefficient (Wildman–Crippen LogP) is 3.56. The minimum atomic E-state index is -0.113. The molecule has 1 aliphatic rings. The highest BCUT2D eigenvalue weighted by atomic mass is 19.1. The zero-order valence-electron chi connectivity index (χ0n) is 11.8. The number of para-hydroxylation sites is 1. The maximum Gasteiger partial charge on any atom is 0.146 e. The largest absolute Gasteiger partial charge is 0.366 e. The summed E-state index contributed by atoms with van der Waals surface area (Å²) in [4.78, 5) is 2.24. The van der Waals surface area contributed by atoms with E-state index in [0.717, 1.165) is 24.6 Å². The number of anilines is 1. The highest BCUT2D eigenvalue weighted by molar-refractivity contribution is 5.48. The van der Waals surface area contributed by atoms with E-state index in [-0.39, 0.29) is 5.82 Å². The van der Waals surface area contributed by atoms with E-state index in [2.05, 4.69) is 11.8 Å². The van der Waals surface area contributed by atoms with E-state index in [1.807, 2.05) is 12.1 Å². The minimum Gasteiger partial charge on any atom is -0.366 e. The summed E-state index contributed by atoms with van der Waals surface area (Å²) in [6.07, 6.45) is 5.75. The summed E-state index contributed by atoms with van der Waals surface area (Å²) in [5, 5.41) is 0. The number of halogens is 1. The van der Waals surface area contributed by atoms with E-state index in [4.69, 9.17) is 5.73 Å². The van der Waals surface area contributed by atoms with Gasteiger partial charge in [-0.15, -0.1) is 0 Å². The van der Waals surface area contributed by atoms with Crippen molar-refractivity contribution in [3.63, 3.8) is 0 Å². The van der Waals surface area contributed by atoms with E-state index in [9.17, 15) is 4.39 Å². The first-order valence-corrected chi connectivity index (χ1v) is 7.43. The number of benzene rings is 1. The molecule has 2 nitrogen and oxygen atoms in total. The quantitative estimate of drug-likeness (QED) is 0.881. The van der Waals surface area contributed by atoms with Crippen LogP contribution in [0.4, 0.5) is 10.1 Å². The molecule has 1 aliphatic carbocycles. The first kappa shape index (κ1) is 14.3. The molecular weight excluding hydrogens is 239 g/mol. The van der Waals surface area contributed by atoms with Gasteiger partial charge >= 0.3 is 0 Å². The maximum absolute atomic E-state index is 14.0. The fourth-order valence-electron chi connectivity index (χ4n) is 3.00. The Labute approximate surface area is 115 Å². The van der Waals surface area contributed by atoms with E-state index in [1.165, 1.54) is 25.7 Å². The van der Waals surface area contributed by atoms with E-state index < -0.39 is 0 Å². The Morgan fingerprint density at radius 3 is 2.53 bits per heavy atom. The van der Waals surface area contributed by atoms with Crippen molar-refractivity contribution in [3.05, 3.63) is 30.1 Å². The summed E-state index contributed by atoms with van der Waals surface area (Å²) < 4.78 is 14.0. The zero-order valence-corrected chi connectivity index (χ0v) is 11.8. The molecule has 0 heterocycles. The summed E-state index contributed by atoms with van der Waals surface area (Å²) >= 11 is 0. The van der Waals surface area contributed by atoms with Crippen LogP contribution in [0, 0.1) is 11.7 Å². The van der Waals surface area contributed by atoms with Crippen molar-refractivity contribution in [1.29, 1.82) is 0 Å². The second-order valence-electron chi connectivity index (χ2n) is 5.70. The van der Waals surface area contributed by atoms with Crippen molar-refractivity contribution < 1.29 is 4.39 Å². The van der Waals surface area contributed by atoms with Crippen molar-refractivity contribution in [2.24, 2.45) is 11.7 Å². The molecule has 0 bridgehead atoms. The third kappa shape index (κ3) is 3.69. The first-order chi connectivity index (χ1) is 9.22. The third-order valence-electron chi connectivity index (χ3n) is 4.19. The molecule has 0 unspecified atom stereocenters. The van der Waals surface area contributed by atoms with Gasteiger partial charge in [-0.3, -0.25) is 0 Å². The topological polar surface area (TPSA) is 29.3 Å². The van der Waals surface area contributed by atoms with Crippen LogP contribution in [0.1, 0.15) is 39.0 Å². The van der Waals surface area contributed by atoms with Gasteiger partial charge in [0.2, 0.25) is 0 Å². The Morgan fingerprint density at radius 1 is 1.21 bits per heavy atom. The smallest absolute Gasteiger partial charge is 0.146 e. The average Bonchev–Trinajstić information content (AvgIpc) is 2.43. The molecule has 19 heavy (non-hydrogen) atoms. The van der Waals surface area contributed by atoms with E-state index >= 15 is 0 Å². The minimum absolute atomic E-state index is 0.113. The maximum atomic E-state index is 14.0. The molecular formula is C16H25FN2. The Kier molecular flexibility index (Phi) is 5.20. The van der Waals surface area contributed by atoms with Gasteiger partial charge in [-0.2, -0.15) is 0 Å². The van der Waals surface area contributed by atoms with Crippen LogP contribution in [0.25, 0.3) is 0 Å². The molecule has 1 saturated carbocycles. The molecule has 0 aromatic heterocycles. The Balaban J connectivity index is 2.13. The van der Waals surface area contributed by atoms with Gasteiger partial charge in [-0.1, -0.05) is 19.1 Å². The number of nitrogens with zero attached hydrogens (tertiary/aromatic N) is 1. The van der Waals surface area contributed by atoms with Crippen molar-refractivity contribution >= 4 is 5.69 Å². The van der Waals surface area contributed by atoms with Gasteiger partial charge in [-0.05, 0) is 56.7 Å². The van der Waals surface area contributed by atoms with E-state index in [0.29, 0.717) is 12.6 Å². The van der Waals surface area contributed by atoms with Crippen LogP contribution in [0.15, 0.2) is 24.3 Å². The van der Waals surface area contributed by atoms with Gasteiger partial charge in [0.05, 0.1) is 5.69 Å². The van der Waals surface area contributed by atoms with Gasteiger partial charge in [-0.25, -0.2) is 4.39 Å². The van der Waals surface area contributed by atoms with Crippen molar-refractivity contribution in [2.75, 3.05) is 18.0 Å². The standard InChI is InChI=1S/C16H25FN2/c1-13-7-9-14(10-8-13)19(12-4-11-18)16-6-3-2-5-15(16)17/h2-3,5-6,13-14H,4,7-12,18H2,1H3. The van der Waals surface area contributed by atoms with Gasteiger partial charge in [0.1, 0.15) is 5.82 Å². The van der Waals surface area contributed by atoms with E-state index in [1.54, 1.807) is 12.1 Å². The van der Waals surface area contributed by atoms with Gasteiger partial charge < -0.3 is 10.6 Å². The number of rotatable bonds is 5. The normalized spacial score (nSPS) is 23.3. The van der Waals surface area contributed by atoms with Crippen LogP contribution in [0.3, 0.4) is 0 Å². The highest BCUT2D eigenvalue weighted by Crippen LogP contribution is 2.31. The molecule has 0 radical (unpaired) electrons. The van der Waals surface area contributed by atoms with Gasteiger partial charge in [0.25, 0.3) is 0 Å². The summed E-state index contributed by atoms with van der Waals surface area (Å²) in [5.41, 5.74) is 6.37. The predicted molar refractivity (Wildman–Crippen MR) is 78.8 cm³/mol. The zero-order chi connectivity index (χ0) is 13.7. The summed E-state index contributed by atoms with van der Waals surface area (Å²) in [7, 11) is 0. The van der Waals surface area contributed by atoms with Crippen LogP contribution in [-0.4, -0.2) is 19.1 Å². The first-order valence-electron chi connectivity index (χ1n) is 7.43. The number of hydrogen-bond acceptors (Lipinski definition) is 2. The molecule has 0 aliphatic heterocycles. The fraction of sp³-hybridized carbons (Fsp3) is 0.625. The molecule has 0 amide bonds. The molecule has 106 valence electrons. The lowest BCUT2D eigenvalue weighted by atomic mass is 9.86. The fourth-order valence-corrected chi connectivity index (χ4v) is 3.00. The molecule has 1 aromatic carbocycles. The van der Waals surface area contributed by atoms with Crippen LogP contribution >= 0.6 is 0 Å². The third-order valence-corrected chi connectivity index (χ3v) is 4.19. The Morgan fingerprint density at radius 2 is 1.89 bits per heavy atom. The van der Waals surface area contributed by atoms with Crippen LogP contribution in [0.2, 0.25) is 0 Å². The second kappa shape index (κ2) is 6.90. The Bertz CT molecular complexity index is 386. The Hall–Kier alpha value is -1.09. The molecule has 3 heteroatoms. The summed E-state index contributed by atoms with van der Waals surface area (Å²) in [6.45, 7) is 3.83. The molecule has 0 spiro atoms. The number of hydrogen-bond donors (Lipinski definition) is 1. The monoisotopic (exact) mass is 264 g/mol. The van der Waals surface area contributed by atoms with Crippen molar-refractivity contribution in [2.45, 2.75) is 45.1 Å². The van der Waals surface area contributed by atoms with Crippen molar-refractivity contribution in [1.82, 2.24) is 0 Å². The molecule has 2 rings (SSSR count). The molecule has 0 saturated heterocycles. The van der Waals surface area contributed by atoms with Crippen LogP contribution in [-0.2, 0) is 0 Å². The summed E-state index contributed by atoms with van der Waals surface area (Å²) in [6, 6.07) is 7.59. The molecule has 1 fully saturated rings. The average molecular weight is 264 g/mol. The SMILES string of the molecule is CC1CCC(N(CCCN)c2ccccc2F)CC1. The van der Waals surface area contributed by atoms with Crippen LogP contribution < -0.4 is 10.6 Å². The second-order valence-corrected chi connectivity index (χ2v) is 5.70. The molecule has 2 N–H and O–H groups in total. The van der Waals surface area contributed by atoms with Gasteiger partial charge in [0.15, 0.2) is 0 Å². The summed E-state index contributed by atoms with van der Waals surface area (Å²) in [5.74, 6) is 0.700. The number of nitrogens with two attached hydrogens (primary N) is 1. The van der Waals surface area contributed by atoms with Crippen molar-refractivity contribution in [3.8, 4) is 0 Å². The van der Waals surface area contributed by atoms with Gasteiger partial charge in [0, 0.05) is 12.6 Å². The van der Waals surface area contributed by atoms with Crippen LogP contribution in [0.5, 0.6) is 0 Å². The lowest BCUT2D eigenvalue weighted by Gasteiger charge is -2.38. The lowest BCUT2D eigenvalue weighted by Crippen LogP contribution is -2.39. The highest BCUT2D eigenvalue weighted by Gasteiger charge is 2.25. The molecule has 0 atom stereocenters. The lowest BCUT2D eigenvalue weighted by molar-refractivity contribution is 0.332.